The van der Waals surface area contributed by atoms with Gasteiger partial charge in [0.1, 0.15) is 5.75 Å². The fraction of sp³-hybridized carbons (Fsp3) is 0.176. The van der Waals surface area contributed by atoms with E-state index in [9.17, 15) is 4.79 Å². The van der Waals surface area contributed by atoms with Crippen LogP contribution in [0.15, 0.2) is 59.7 Å². The van der Waals surface area contributed by atoms with Gasteiger partial charge in [0.25, 0.3) is 5.91 Å². The molecule has 0 aromatic heterocycles. The standard InChI is InChI=1S/C17H14N2O2/c20-17-11-21-16-9-5-4-8-13(16)15-10-14(18-19(15)17)12-6-2-1-3-7-12/h1-9,15H,10-11H2. The highest BCUT2D eigenvalue weighted by Crippen LogP contribution is 2.39. The zero-order chi connectivity index (χ0) is 14.2. The van der Waals surface area contributed by atoms with Crippen LogP contribution in [0, 0.1) is 0 Å². The molecule has 1 amide bonds. The molecule has 21 heavy (non-hydrogen) atoms. The summed E-state index contributed by atoms with van der Waals surface area (Å²) in [6.45, 7) is 0.0408. The van der Waals surface area contributed by atoms with Crippen molar-refractivity contribution in [3.05, 3.63) is 65.7 Å². The Morgan fingerprint density at radius 2 is 1.81 bits per heavy atom. The molecule has 4 rings (SSSR count). The van der Waals surface area contributed by atoms with Crippen molar-refractivity contribution in [1.82, 2.24) is 5.01 Å². The van der Waals surface area contributed by atoms with E-state index < -0.39 is 0 Å². The van der Waals surface area contributed by atoms with E-state index in [2.05, 4.69) is 5.10 Å². The van der Waals surface area contributed by atoms with Gasteiger partial charge >= 0.3 is 0 Å². The van der Waals surface area contributed by atoms with E-state index in [0.29, 0.717) is 0 Å². The summed E-state index contributed by atoms with van der Waals surface area (Å²) in [5.41, 5.74) is 3.04. The van der Waals surface area contributed by atoms with Crippen molar-refractivity contribution in [2.45, 2.75) is 12.5 Å². The summed E-state index contributed by atoms with van der Waals surface area (Å²) in [5, 5.41) is 6.12. The zero-order valence-corrected chi connectivity index (χ0v) is 11.4. The molecule has 0 aliphatic carbocycles. The highest BCUT2D eigenvalue weighted by atomic mass is 16.5. The lowest BCUT2D eigenvalue weighted by atomic mass is 9.98. The molecule has 0 saturated heterocycles. The fourth-order valence-corrected chi connectivity index (χ4v) is 2.88. The van der Waals surface area contributed by atoms with Crippen LogP contribution in [0.1, 0.15) is 23.6 Å². The van der Waals surface area contributed by atoms with Crippen molar-refractivity contribution in [3.8, 4) is 5.75 Å². The molecule has 1 unspecified atom stereocenters. The number of rotatable bonds is 1. The molecule has 2 aromatic rings. The second-order valence-electron chi connectivity index (χ2n) is 5.20. The maximum absolute atomic E-state index is 12.2. The number of ether oxygens (including phenoxy) is 1. The van der Waals surface area contributed by atoms with E-state index in [1.807, 2.05) is 54.6 Å². The minimum Gasteiger partial charge on any atom is -0.483 e. The van der Waals surface area contributed by atoms with Gasteiger partial charge in [-0.25, -0.2) is 5.01 Å². The molecule has 2 heterocycles. The summed E-state index contributed by atoms with van der Waals surface area (Å²) < 4.78 is 5.58. The predicted octanol–water partition coefficient (Wildman–Crippen LogP) is 2.76. The van der Waals surface area contributed by atoms with Gasteiger partial charge in [0, 0.05) is 12.0 Å². The third-order valence-electron chi connectivity index (χ3n) is 3.90. The molecular formula is C17H14N2O2. The predicted molar refractivity (Wildman–Crippen MR) is 79.1 cm³/mol. The van der Waals surface area contributed by atoms with Crippen molar-refractivity contribution in [3.63, 3.8) is 0 Å². The Balaban J connectivity index is 1.76. The lowest BCUT2D eigenvalue weighted by Gasteiger charge is -2.18. The number of carbonyl (C=O) groups is 1. The Bertz CT molecular complexity index is 725. The first-order valence-corrected chi connectivity index (χ1v) is 6.99. The van der Waals surface area contributed by atoms with E-state index >= 15 is 0 Å². The number of benzene rings is 2. The van der Waals surface area contributed by atoms with Crippen LogP contribution in [-0.4, -0.2) is 23.2 Å². The highest BCUT2D eigenvalue weighted by molar-refractivity contribution is 6.03. The Morgan fingerprint density at radius 1 is 1.05 bits per heavy atom. The zero-order valence-electron chi connectivity index (χ0n) is 11.4. The SMILES string of the molecule is O=C1COc2ccccc2C2CC(c3ccccc3)=NN12. The summed E-state index contributed by atoms with van der Waals surface area (Å²) in [6.07, 6.45) is 0.718. The van der Waals surface area contributed by atoms with Gasteiger partial charge in [-0.2, -0.15) is 5.10 Å². The van der Waals surface area contributed by atoms with Gasteiger partial charge in [0.2, 0.25) is 0 Å². The van der Waals surface area contributed by atoms with Gasteiger partial charge in [0.05, 0.1) is 11.8 Å². The molecule has 0 spiro atoms. The van der Waals surface area contributed by atoms with Crippen molar-refractivity contribution in [1.29, 1.82) is 0 Å². The Labute approximate surface area is 122 Å². The minimum atomic E-state index is -0.0952. The Hall–Kier alpha value is -2.62. The summed E-state index contributed by atoms with van der Waals surface area (Å²) in [5.74, 6) is 0.685. The second kappa shape index (κ2) is 4.74. The quantitative estimate of drug-likeness (QED) is 0.805. The second-order valence-corrected chi connectivity index (χ2v) is 5.20. The Kier molecular flexibility index (Phi) is 2.74. The van der Waals surface area contributed by atoms with E-state index in [1.165, 1.54) is 0 Å². The number of fused-ring (bicyclic) bond motifs is 3. The van der Waals surface area contributed by atoms with Crippen LogP contribution < -0.4 is 4.74 Å². The fourth-order valence-electron chi connectivity index (χ4n) is 2.88. The number of hydrogen-bond donors (Lipinski definition) is 0. The highest BCUT2D eigenvalue weighted by Gasteiger charge is 2.36. The van der Waals surface area contributed by atoms with Gasteiger partial charge < -0.3 is 4.74 Å². The molecule has 4 nitrogen and oxygen atoms in total. The molecule has 0 N–H and O–H groups in total. The lowest BCUT2D eigenvalue weighted by Crippen LogP contribution is -2.28. The first kappa shape index (κ1) is 12.1. The smallest absolute Gasteiger partial charge is 0.281 e. The molecular weight excluding hydrogens is 264 g/mol. The normalized spacial score (nSPS) is 20.2. The molecule has 0 saturated carbocycles. The van der Waals surface area contributed by atoms with E-state index in [-0.39, 0.29) is 18.6 Å². The van der Waals surface area contributed by atoms with Gasteiger partial charge in [-0.05, 0) is 11.6 Å². The first-order chi connectivity index (χ1) is 10.3. The lowest BCUT2D eigenvalue weighted by molar-refractivity contribution is -0.134. The van der Waals surface area contributed by atoms with Crippen LogP contribution in [0.5, 0.6) is 5.75 Å². The number of amides is 1. The number of hydrazone groups is 1. The summed E-state index contributed by atoms with van der Waals surface area (Å²) in [6, 6.07) is 17.7. The van der Waals surface area contributed by atoms with Gasteiger partial charge in [0.15, 0.2) is 6.61 Å². The summed E-state index contributed by atoms with van der Waals surface area (Å²) in [7, 11) is 0. The summed E-state index contributed by atoms with van der Waals surface area (Å²) in [4.78, 5) is 12.2. The summed E-state index contributed by atoms with van der Waals surface area (Å²) >= 11 is 0. The third kappa shape index (κ3) is 2.00. The topological polar surface area (TPSA) is 41.9 Å². The monoisotopic (exact) mass is 278 g/mol. The molecule has 4 heteroatoms. The Morgan fingerprint density at radius 3 is 2.67 bits per heavy atom. The maximum Gasteiger partial charge on any atom is 0.281 e. The van der Waals surface area contributed by atoms with Crippen LogP contribution in [0.4, 0.5) is 0 Å². The van der Waals surface area contributed by atoms with Gasteiger partial charge in [-0.1, -0.05) is 48.5 Å². The first-order valence-electron chi connectivity index (χ1n) is 6.99. The van der Waals surface area contributed by atoms with E-state index in [0.717, 1.165) is 29.0 Å². The average Bonchev–Trinajstić information content (AvgIpc) is 2.94. The van der Waals surface area contributed by atoms with Crippen LogP contribution >= 0.6 is 0 Å². The number of hydrogen-bond acceptors (Lipinski definition) is 3. The maximum atomic E-state index is 12.2. The number of para-hydroxylation sites is 1. The van der Waals surface area contributed by atoms with E-state index in [4.69, 9.17) is 4.74 Å². The van der Waals surface area contributed by atoms with Crippen LogP contribution in [0.25, 0.3) is 0 Å². The molecule has 104 valence electrons. The van der Waals surface area contributed by atoms with Crippen molar-refractivity contribution in [2.75, 3.05) is 6.61 Å². The van der Waals surface area contributed by atoms with Gasteiger partial charge in [-0.3, -0.25) is 4.79 Å². The minimum absolute atomic E-state index is 0.0408. The molecule has 2 aliphatic rings. The third-order valence-corrected chi connectivity index (χ3v) is 3.90. The molecule has 0 radical (unpaired) electrons. The molecule has 1 atom stereocenters. The molecule has 2 aromatic carbocycles. The van der Waals surface area contributed by atoms with E-state index in [1.54, 1.807) is 5.01 Å². The molecule has 0 bridgehead atoms. The van der Waals surface area contributed by atoms with Gasteiger partial charge in [-0.15, -0.1) is 0 Å². The van der Waals surface area contributed by atoms with Crippen LogP contribution in [-0.2, 0) is 4.79 Å². The number of nitrogens with zero attached hydrogens (tertiary/aromatic N) is 2. The van der Waals surface area contributed by atoms with Crippen LogP contribution in [0.2, 0.25) is 0 Å². The average molecular weight is 278 g/mol. The largest absolute Gasteiger partial charge is 0.483 e. The van der Waals surface area contributed by atoms with Crippen LogP contribution in [0.3, 0.4) is 0 Å². The van der Waals surface area contributed by atoms with Crippen molar-refractivity contribution in [2.24, 2.45) is 5.10 Å². The van der Waals surface area contributed by atoms with Crippen molar-refractivity contribution < 1.29 is 9.53 Å². The molecule has 0 fully saturated rings. The molecule has 2 aliphatic heterocycles. The number of carbonyl (C=O) groups excluding carboxylic acids is 1. The van der Waals surface area contributed by atoms with Crippen molar-refractivity contribution >= 4 is 11.6 Å².